The van der Waals surface area contributed by atoms with Crippen LogP contribution in [-0.4, -0.2) is 53.1 Å². The number of halogens is 4. The lowest BCUT2D eigenvalue weighted by Gasteiger charge is -2.38. The molecule has 1 saturated heterocycles. The number of thioether (sulfide) groups is 1. The molecule has 0 amide bonds. The summed E-state index contributed by atoms with van der Waals surface area (Å²) in [5.74, 6) is 1.99. The van der Waals surface area contributed by atoms with E-state index in [2.05, 4.69) is 62.6 Å². The fourth-order valence-corrected chi connectivity index (χ4v) is 7.94. The number of hydrogen-bond acceptors (Lipinski definition) is 8. The summed E-state index contributed by atoms with van der Waals surface area (Å²) in [6.45, 7) is 9.48. The normalized spacial score (nSPS) is 17.9. The van der Waals surface area contributed by atoms with Crippen LogP contribution in [0.1, 0.15) is 38.7 Å². The van der Waals surface area contributed by atoms with E-state index < -0.39 is 5.51 Å². The van der Waals surface area contributed by atoms with Crippen LogP contribution in [0.2, 0.25) is 5.02 Å². The Morgan fingerprint density at radius 3 is 2.49 bits per heavy atom. The highest BCUT2D eigenvalue weighted by Gasteiger charge is 2.30. The van der Waals surface area contributed by atoms with Crippen molar-refractivity contribution in [1.82, 2.24) is 14.9 Å². The molecule has 0 radical (unpaired) electrons. The second-order valence-corrected chi connectivity index (χ2v) is 14.9. The van der Waals surface area contributed by atoms with Crippen molar-refractivity contribution < 1.29 is 13.2 Å². The standard InChI is InChI=1S/C35H38ClF3N6S2/c1-22(2)24-5-10-29(23-3-6-26(36)7-4-23)25(17-24)20-44-13-15-45(16-14-44)27-8-11-30-32(18-27)41-21-42-34(30)43-47-28-9-12-31(40)33(19-28)46-35(37,38)39/h3-4,6-9,11-12,18-19,21-22,24H,5,10,13-17,20,40H2,1-2H3,(H,41,42,43). The Labute approximate surface area is 287 Å². The predicted molar refractivity (Wildman–Crippen MR) is 191 cm³/mol. The van der Waals surface area contributed by atoms with E-state index in [1.54, 1.807) is 11.6 Å². The van der Waals surface area contributed by atoms with Gasteiger partial charge in [-0.05, 0) is 114 Å². The van der Waals surface area contributed by atoms with E-state index in [-0.39, 0.29) is 22.3 Å². The SMILES string of the molecule is CC(C)C1CCC(c2ccc(Cl)cc2)=C(CN2CCN(c3ccc4c(NSc5ccc(N)c(SC(F)(F)F)c5)ncnc4c3)CC2)C1. The van der Waals surface area contributed by atoms with Gasteiger partial charge in [0.2, 0.25) is 0 Å². The molecule has 6 rings (SSSR count). The maximum absolute atomic E-state index is 12.9. The van der Waals surface area contributed by atoms with Gasteiger partial charge in [-0.3, -0.25) is 4.90 Å². The van der Waals surface area contributed by atoms with E-state index in [0.717, 1.165) is 73.1 Å². The molecule has 6 nitrogen and oxygen atoms in total. The number of benzene rings is 3. The van der Waals surface area contributed by atoms with E-state index in [1.807, 2.05) is 18.2 Å². The van der Waals surface area contributed by atoms with Crippen LogP contribution in [0.25, 0.3) is 16.5 Å². The largest absolute Gasteiger partial charge is 0.446 e. The molecule has 1 aromatic heterocycles. The summed E-state index contributed by atoms with van der Waals surface area (Å²) in [4.78, 5) is 14.5. The number of hydrogen-bond donors (Lipinski definition) is 2. The maximum atomic E-state index is 12.9. The first-order chi connectivity index (χ1) is 22.5. The van der Waals surface area contributed by atoms with Gasteiger partial charge in [-0.25, -0.2) is 9.97 Å². The fourth-order valence-electron chi connectivity index (χ4n) is 6.43. The Kier molecular flexibility index (Phi) is 10.5. The van der Waals surface area contributed by atoms with E-state index in [0.29, 0.717) is 16.6 Å². The molecule has 248 valence electrons. The zero-order valence-electron chi connectivity index (χ0n) is 26.4. The molecule has 1 aliphatic heterocycles. The number of nitrogens with zero attached hydrogens (tertiary/aromatic N) is 4. The van der Waals surface area contributed by atoms with E-state index in [9.17, 15) is 13.2 Å². The van der Waals surface area contributed by atoms with E-state index >= 15 is 0 Å². The molecule has 4 aromatic rings. The van der Waals surface area contributed by atoms with Crippen molar-refractivity contribution in [1.29, 1.82) is 0 Å². The number of rotatable bonds is 9. The Morgan fingerprint density at radius 1 is 1.00 bits per heavy atom. The van der Waals surface area contributed by atoms with Gasteiger partial charge in [0.1, 0.15) is 12.1 Å². The molecule has 0 spiro atoms. The third kappa shape index (κ3) is 8.49. The lowest BCUT2D eigenvalue weighted by atomic mass is 9.76. The van der Waals surface area contributed by atoms with Crippen molar-refractivity contribution in [2.45, 2.75) is 48.4 Å². The Hall–Kier alpha value is -3.12. The number of fused-ring (bicyclic) bond motifs is 1. The van der Waals surface area contributed by atoms with Crippen molar-refractivity contribution in [3.05, 3.63) is 83.2 Å². The van der Waals surface area contributed by atoms with E-state index in [4.69, 9.17) is 17.3 Å². The molecular weight excluding hydrogens is 661 g/mol. The van der Waals surface area contributed by atoms with Crippen LogP contribution in [0.3, 0.4) is 0 Å². The molecule has 12 heteroatoms. The molecule has 3 N–H and O–H groups in total. The van der Waals surface area contributed by atoms with Crippen LogP contribution in [0.4, 0.5) is 30.4 Å². The summed E-state index contributed by atoms with van der Waals surface area (Å²) < 4.78 is 42.0. The van der Waals surface area contributed by atoms with Crippen LogP contribution >= 0.6 is 35.3 Å². The van der Waals surface area contributed by atoms with Gasteiger partial charge in [0, 0.05) is 64.3 Å². The third-order valence-electron chi connectivity index (χ3n) is 9.08. The third-order valence-corrected chi connectivity index (χ3v) is 10.9. The van der Waals surface area contributed by atoms with Crippen molar-refractivity contribution in [2.24, 2.45) is 11.8 Å². The van der Waals surface area contributed by atoms with Crippen molar-refractivity contribution in [3.63, 3.8) is 0 Å². The van der Waals surface area contributed by atoms with Gasteiger partial charge in [-0.1, -0.05) is 43.2 Å². The summed E-state index contributed by atoms with van der Waals surface area (Å²) in [7, 11) is 0. The molecule has 3 aromatic carbocycles. The first kappa shape index (κ1) is 33.8. The summed E-state index contributed by atoms with van der Waals surface area (Å²) >= 11 is 7.17. The quantitative estimate of drug-likeness (QED) is 0.102. The first-order valence-electron chi connectivity index (χ1n) is 15.8. The highest BCUT2D eigenvalue weighted by atomic mass is 35.5. The minimum absolute atomic E-state index is 0.0289. The predicted octanol–water partition coefficient (Wildman–Crippen LogP) is 9.63. The number of aromatic nitrogens is 2. The molecule has 1 atom stereocenters. The number of nitrogens with two attached hydrogens (primary N) is 1. The first-order valence-corrected chi connectivity index (χ1v) is 17.8. The Balaban J connectivity index is 1.11. The summed E-state index contributed by atoms with van der Waals surface area (Å²) in [5.41, 5.74) is 7.72. The number of allylic oxidation sites excluding steroid dienone is 1. The Morgan fingerprint density at radius 2 is 1.77 bits per heavy atom. The second kappa shape index (κ2) is 14.6. The highest BCUT2D eigenvalue weighted by Crippen LogP contribution is 2.42. The Bertz CT molecular complexity index is 1740. The summed E-state index contributed by atoms with van der Waals surface area (Å²) in [6.07, 6.45) is 5.01. The second-order valence-electron chi connectivity index (χ2n) is 12.5. The fraction of sp³-hybridized carbons (Fsp3) is 0.371. The number of anilines is 3. The van der Waals surface area contributed by atoms with Gasteiger partial charge in [0.15, 0.2) is 0 Å². The average Bonchev–Trinajstić information content (AvgIpc) is 3.05. The molecule has 0 saturated carbocycles. The topological polar surface area (TPSA) is 70.3 Å². The molecule has 2 aliphatic rings. The molecule has 1 aliphatic carbocycles. The number of piperazine rings is 1. The molecule has 1 fully saturated rings. The van der Waals surface area contributed by atoms with Crippen LogP contribution in [0.15, 0.2) is 82.4 Å². The zero-order valence-corrected chi connectivity index (χ0v) is 28.7. The minimum Gasteiger partial charge on any atom is -0.398 e. The molecular formula is C35H38ClF3N6S2. The average molecular weight is 699 g/mol. The molecule has 1 unspecified atom stereocenters. The van der Waals surface area contributed by atoms with Gasteiger partial charge in [0.25, 0.3) is 0 Å². The van der Waals surface area contributed by atoms with Gasteiger partial charge in [-0.15, -0.1) is 0 Å². The number of nitrogen functional groups attached to an aromatic ring is 1. The lowest BCUT2D eigenvalue weighted by Crippen LogP contribution is -2.47. The van der Waals surface area contributed by atoms with Crippen LogP contribution in [0.5, 0.6) is 0 Å². The highest BCUT2D eigenvalue weighted by molar-refractivity contribution is 8.01. The smallest absolute Gasteiger partial charge is 0.398 e. The zero-order chi connectivity index (χ0) is 33.1. The summed E-state index contributed by atoms with van der Waals surface area (Å²) in [6, 6.07) is 19.1. The number of alkyl halides is 3. The molecule has 2 heterocycles. The lowest BCUT2D eigenvalue weighted by molar-refractivity contribution is -0.0328. The van der Waals surface area contributed by atoms with Gasteiger partial charge in [-0.2, -0.15) is 13.2 Å². The maximum Gasteiger partial charge on any atom is 0.446 e. The van der Waals surface area contributed by atoms with Crippen molar-refractivity contribution >= 4 is 69.0 Å². The number of nitrogens with one attached hydrogen (secondary N) is 1. The van der Waals surface area contributed by atoms with Gasteiger partial charge < -0.3 is 15.4 Å². The molecule has 0 bridgehead atoms. The van der Waals surface area contributed by atoms with Gasteiger partial charge in [0.05, 0.1) is 5.52 Å². The summed E-state index contributed by atoms with van der Waals surface area (Å²) in [5, 5.41) is 1.61. The van der Waals surface area contributed by atoms with Crippen LogP contribution < -0.4 is 15.4 Å². The van der Waals surface area contributed by atoms with Crippen molar-refractivity contribution in [3.8, 4) is 0 Å². The monoisotopic (exact) mass is 698 g/mol. The van der Waals surface area contributed by atoms with E-state index in [1.165, 1.54) is 48.0 Å². The van der Waals surface area contributed by atoms with Crippen LogP contribution in [-0.2, 0) is 0 Å². The van der Waals surface area contributed by atoms with Gasteiger partial charge >= 0.3 is 5.51 Å². The minimum atomic E-state index is -4.41. The van der Waals surface area contributed by atoms with Crippen molar-refractivity contribution in [2.75, 3.05) is 48.1 Å². The van der Waals surface area contributed by atoms with Crippen LogP contribution in [0, 0.1) is 11.8 Å². The molecule has 47 heavy (non-hydrogen) atoms.